The van der Waals surface area contributed by atoms with Crippen LogP contribution in [-0.4, -0.2) is 23.3 Å². The van der Waals surface area contributed by atoms with Crippen LogP contribution in [0, 0.1) is 18.3 Å². The summed E-state index contributed by atoms with van der Waals surface area (Å²) in [6, 6.07) is 1.98. The number of aliphatic hydroxyl groups excluding tert-OH is 1. The third-order valence-corrected chi connectivity index (χ3v) is 2.19. The maximum atomic E-state index is 8.72. The maximum absolute atomic E-state index is 8.72. The highest BCUT2D eigenvalue weighted by Gasteiger charge is 2.13. The molecule has 0 amide bonds. The number of aromatic nitrogens is 1. The lowest BCUT2D eigenvalue weighted by Gasteiger charge is -2.05. The fraction of sp³-hybridized carbons (Fsp3) is 0.500. The number of nitriles is 1. The van der Waals surface area contributed by atoms with E-state index in [-0.39, 0.29) is 13.2 Å². The SMILES string of the molecule is Cc1nc(C(C#N)OCCO)cs1. The molecule has 1 heterocycles. The van der Waals surface area contributed by atoms with Gasteiger partial charge in [0.15, 0.2) is 6.10 Å². The van der Waals surface area contributed by atoms with Gasteiger partial charge in [-0.2, -0.15) is 5.26 Å². The number of hydrogen-bond donors (Lipinski definition) is 1. The molecule has 0 aliphatic rings. The summed E-state index contributed by atoms with van der Waals surface area (Å²) < 4.78 is 5.07. The first-order valence-corrected chi connectivity index (χ1v) is 4.70. The van der Waals surface area contributed by atoms with Crippen molar-refractivity contribution in [2.45, 2.75) is 13.0 Å². The summed E-state index contributed by atoms with van der Waals surface area (Å²) in [6.45, 7) is 1.95. The molecule has 0 aliphatic carbocycles. The predicted octanol–water partition coefficient (Wildman–Crippen LogP) is 1.03. The molecule has 1 aromatic rings. The fourth-order valence-electron chi connectivity index (χ4n) is 0.860. The topological polar surface area (TPSA) is 66.1 Å². The van der Waals surface area contributed by atoms with Crippen molar-refractivity contribution in [1.29, 1.82) is 5.26 Å². The van der Waals surface area contributed by atoms with E-state index in [4.69, 9.17) is 15.1 Å². The largest absolute Gasteiger partial charge is 0.394 e. The van der Waals surface area contributed by atoms with E-state index < -0.39 is 6.10 Å². The van der Waals surface area contributed by atoms with Crippen LogP contribution in [0.15, 0.2) is 5.38 Å². The van der Waals surface area contributed by atoms with Gasteiger partial charge >= 0.3 is 0 Å². The van der Waals surface area contributed by atoms with E-state index in [1.807, 2.05) is 13.0 Å². The first-order chi connectivity index (χ1) is 6.27. The summed E-state index contributed by atoms with van der Waals surface area (Å²) in [6.07, 6.45) is -0.655. The molecule has 0 fully saturated rings. The smallest absolute Gasteiger partial charge is 0.186 e. The predicted molar refractivity (Wildman–Crippen MR) is 48.2 cm³/mol. The summed E-state index contributed by atoms with van der Waals surface area (Å²) in [7, 11) is 0. The fourth-order valence-corrected chi connectivity index (χ4v) is 1.49. The number of thiazole rings is 1. The van der Waals surface area contributed by atoms with Crippen LogP contribution in [0.5, 0.6) is 0 Å². The Kier molecular flexibility index (Phi) is 3.83. The van der Waals surface area contributed by atoms with E-state index in [0.717, 1.165) is 5.01 Å². The number of ether oxygens (including phenoxy) is 1. The summed E-state index contributed by atoms with van der Waals surface area (Å²) in [5.74, 6) is 0. The molecule has 0 saturated heterocycles. The highest BCUT2D eigenvalue weighted by Crippen LogP contribution is 2.18. The molecule has 0 aromatic carbocycles. The molecule has 1 atom stereocenters. The van der Waals surface area contributed by atoms with Crippen LogP contribution in [0.25, 0.3) is 0 Å². The van der Waals surface area contributed by atoms with E-state index in [0.29, 0.717) is 5.69 Å². The zero-order chi connectivity index (χ0) is 9.68. The Labute approximate surface area is 80.4 Å². The lowest BCUT2D eigenvalue weighted by Crippen LogP contribution is -2.06. The van der Waals surface area contributed by atoms with Crippen molar-refractivity contribution < 1.29 is 9.84 Å². The van der Waals surface area contributed by atoms with Crippen LogP contribution in [0.1, 0.15) is 16.8 Å². The van der Waals surface area contributed by atoms with Crippen LogP contribution >= 0.6 is 11.3 Å². The molecule has 70 valence electrons. The number of aryl methyl sites for hydroxylation is 1. The summed E-state index contributed by atoms with van der Waals surface area (Å²) in [5, 5.41) is 19.9. The van der Waals surface area contributed by atoms with Crippen LogP contribution in [0.3, 0.4) is 0 Å². The van der Waals surface area contributed by atoms with Crippen molar-refractivity contribution in [1.82, 2.24) is 4.98 Å². The molecule has 0 spiro atoms. The average Bonchev–Trinajstić information content (AvgIpc) is 2.54. The molecule has 5 heteroatoms. The number of rotatable bonds is 4. The molecule has 1 rings (SSSR count). The van der Waals surface area contributed by atoms with Crippen molar-refractivity contribution in [3.05, 3.63) is 16.1 Å². The van der Waals surface area contributed by atoms with Crippen molar-refractivity contribution in [2.75, 3.05) is 13.2 Å². The maximum Gasteiger partial charge on any atom is 0.186 e. The summed E-state index contributed by atoms with van der Waals surface area (Å²) >= 11 is 1.48. The lowest BCUT2D eigenvalue weighted by atomic mass is 10.3. The first-order valence-electron chi connectivity index (χ1n) is 3.82. The molecule has 0 saturated carbocycles. The van der Waals surface area contributed by atoms with Crippen LogP contribution in [0.2, 0.25) is 0 Å². The minimum absolute atomic E-state index is 0.0820. The summed E-state index contributed by atoms with van der Waals surface area (Å²) in [4.78, 5) is 4.12. The number of nitrogens with zero attached hydrogens (tertiary/aromatic N) is 2. The number of aliphatic hydroxyl groups is 1. The lowest BCUT2D eigenvalue weighted by molar-refractivity contribution is 0.0563. The van der Waals surface area contributed by atoms with Crippen LogP contribution in [0.4, 0.5) is 0 Å². The highest BCUT2D eigenvalue weighted by molar-refractivity contribution is 7.09. The summed E-state index contributed by atoms with van der Waals surface area (Å²) in [5.41, 5.74) is 0.624. The second-order valence-corrected chi connectivity index (χ2v) is 3.46. The molecule has 1 unspecified atom stereocenters. The van der Waals surface area contributed by atoms with E-state index in [9.17, 15) is 0 Å². The van der Waals surface area contributed by atoms with Crippen molar-refractivity contribution in [3.8, 4) is 6.07 Å². The number of hydrogen-bond acceptors (Lipinski definition) is 5. The van der Waals surface area contributed by atoms with Crippen molar-refractivity contribution in [3.63, 3.8) is 0 Å². The Morgan fingerprint density at radius 2 is 2.62 bits per heavy atom. The Morgan fingerprint density at radius 1 is 1.85 bits per heavy atom. The van der Waals surface area contributed by atoms with Gasteiger partial charge in [-0.05, 0) is 6.92 Å². The van der Waals surface area contributed by atoms with Gasteiger partial charge in [-0.25, -0.2) is 4.98 Å². The van der Waals surface area contributed by atoms with Crippen molar-refractivity contribution in [2.24, 2.45) is 0 Å². The zero-order valence-corrected chi connectivity index (χ0v) is 8.04. The molecule has 4 nitrogen and oxygen atoms in total. The van der Waals surface area contributed by atoms with E-state index in [2.05, 4.69) is 4.98 Å². The average molecular weight is 198 g/mol. The highest BCUT2D eigenvalue weighted by atomic mass is 32.1. The zero-order valence-electron chi connectivity index (χ0n) is 7.23. The van der Waals surface area contributed by atoms with E-state index >= 15 is 0 Å². The molecule has 0 bridgehead atoms. The van der Waals surface area contributed by atoms with Gasteiger partial charge in [0, 0.05) is 5.38 Å². The van der Waals surface area contributed by atoms with Crippen molar-refractivity contribution >= 4 is 11.3 Å². The van der Waals surface area contributed by atoms with Crippen LogP contribution < -0.4 is 0 Å². The van der Waals surface area contributed by atoms with Gasteiger partial charge in [-0.1, -0.05) is 0 Å². The monoisotopic (exact) mass is 198 g/mol. The normalized spacial score (nSPS) is 12.4. The molecular weight excluding hydrogens is 188 g/mol. The van der Waals surface area contributed by atoms with Gasteiger partial charge in [-0.3, -0.25) is 0 Å². The van der Waals surface area contributed by atoms with E-state index in [1.54, 1.807) is 5.38 Å². The molecule has 0 aliphatic heterocycles. The van der Waals surface area contributed by atoms with Gasteiger partial charge in [0.25, 0.3) is 0 Å². The molecular formula is C8H10N2O2S. The minimum Gasteiger partial charge on any atom is -0.394 e. The van der Waals surface area contributed by atoms with Gasteiger partial charge in [0.05, 0.1) is 23.9 Å². The Morgan fingerprint density at radius 3 is 3.08 bits per heavy atom. The second-order valence-electron chi connectivity index (χ2n) is 2.39. The van der Waals surface area contributed by atoms with Gasteiger partial charge in [-0.15, -0.1) is 11.3 Å². The minimum atomic E-state index is -0.655. The van der Waals surface area contributed by atoms with Gasteiger partial charge < -0.3 is 9.84 Å². The third-order valence-electron chi connectivity index (χ3n) is 1.40. The second kappa shape index (κ2) is 4.92. The quantitative estimate of drug-likeness (QED) is 0.784. The van der Waals surface area contributed by atoms with Crippen LogP contribution in [-0.2, 0) is 4.74 Å². The molecule has 13 heavy (non-hydrogen) atoms. The molecule has 1 aromatic heterocycles. The molecule has 0 radical (unpaired) electrons. The third kappa shape index (κ3) is 2.77. The first kappa shape index (κ1) is 10.1. The van der Waals surface area contributed by atoms with Gasteiger partial charge in [0.2, 0.25) is 0 Å². The Balaban J connectivity index is 2.63. The van der Waals surface area contributed by atoms with E-state index in [1.165, 1.54) is 11.3 Å². The standard InChI is InChI=1S/C8H10N2O2S/c1-6-10-7(5-13-6)8(4-9)12-3-2-11/h5,8,11H,2-3H2,1H3. The molecule has 1 N–H and O–H groups in total. The Hall–Kier alpha value is -0.960. The Bertz CT molecular complexity index is 305. The van der Waals surface area contributed by atoms with Gasteiger partial charge in [0.1, 0.15) is 6.07 Å².